The number of nitrogens with zero attached hydrogens (tertiary/aromatic N) is 6. The van der Waals surface area contributed by atoms with E-state index in [0.717, 1.165) is 37.3 Å². The third-order valence-electron chi connectivity index (χ3n) is 8.69. The molecule has 0 aliphatic carbocycles. The topological polar surface area (TPSA) is 69.5 Å². The predicted octanol–water partition coefficient (Wildman–Crippen LogP) is 6.49. The highest BCUT2D eigenvalue weighted by Crippen LogP contribution is 2.34. The van der Waals surface area contributed by atoms with Crippen molar-refractivity contribution >= 4 is 57.2 Å². The quantitative estimate of drug-likeness (QED) is 0.239. The number of likely N-dealkylation sites (N-methyl/N-ethyl adjacent to an activating group) is 2. The van der Waals surface area contributed by atoms with Crippen LogP contribution in [0.2, 0.25) is 10.0 Å². The lowest BCUT2D eigenvalue weighted by Gasteiger charge is -2.35. The van der Waals surface area contributed by atoms with Crippen molar-refractivity contribution in [2.45, 2.75) is 12.5 Å². The first kappa shape index (κ1) is 28.6. The molecule has 2 aliphatic rings. The van der Waals surface area contributed by atoms with Crippen LogP contribution < -0.4 is 20.7 Å². The molecule has 44 heavy (non-hydrogen) atoms. The first-order valence-corrected chi connectivity index (χ1v) is 15.6. The summed E-state index contributed by atoms with van der Waals surface area (Å²) in [5.41, 5.74) is 5.99. The summed E-state index contributed by atoms with van der Waals surface area (Å²) in [4.78, 5) is 30.9. The van der Waals surface area contributed by atoms with Crippen LogP contribution in [0, 0.1) is 0 Å². The minimum atomic E-state index is -0.152. The van der Waals surface area contributed by atoms with Crippen molar-refractivity contribution in [1.82, 2.24) is 19.4 Å². The van der Waals surface area contributed by atoms with Crippen molar-refractivity contribution in [3.05, 3.63) is 105 Å². The summed E-state index contributed by atoms with van der Waals surface area (Å²) in [6, 6.07) is 23.6. The molecule has 1 saturated heterocycles. The average Bonchev–Trinajstić information content (AvgIpc) is 3.02. The van der Waals surface area contributed by atoms with Crippen LogP contribution in [0.15, 0.2) is 83.8 Å². The zero-order chi connectivity index (χ0) is 30.4. The van der Waals surface area contributed by atoms with E-state index in [0.29, 0.717) is 45.7 Å². The van der Waals surface area contributed by atoms with Crippen LogP contribution in [-0.4, -0.2) is 66.3 Å². The summed E-state index contributed by atoms with van der Waals surface area (Å²) in [5.74, 6) is 0.430. The van der Waals surface area contributed by atoms with Crippen LogP contribution in [0.3, 0.4) is 0 Å². The second kappa shape index (κ2) is 11.8. The first-order valence-electron chi connectivity index (χ1n) is 14.8. The number of hydrogen-bond acceptors (Lipinski definition) is 7. The summed E-state index contributed by atoms with van der Waals surface area (Å²) in [7, 11) is 4.22. The van der Waals surface area contributed by atoms with Gasteiger partial charge in [-0.15, -0.1) is 0 Å². The standard InChI is InChI=1S/C34H33Cl2N7O/c1-40-13-15-42(16-14-40)26-10-8-25(9-11-26)38-34-37-20-23-18-29(28-12-7-24(35)19-30(28)36)33(44)43(32(23)39-34)27-17-22-5-3-4-6-31(22)41(2)21-27/h3-12,18-20,27H,13-17,21H2,1-2H3,(H,37,38,39). The molecule has 5 aromatic rings. The van der Waals surface area contributed by atoms with E-state index in [2.05, 4.69) is 63.4 Å². The fourth-order valence-electron chi connectivity index (χ4n) is 6.33. The molecule has 1 unspecified atom stereocenters. The fourth-order valence-corrected chi connectivity index (χ4v) is 6.84. The van der Waals surface area contributed by atoms with Gasteiger partial charge in [-0.1, -0.05) is 47.5 Å². The monoisotopic (exact) mass is 625 g/mol. The Balaban J connectivity index is 1.28. The number of nitrogens with one attached hydrogen (secondary N) is 1. The number of para-hydroxylation sites is 1. The Kier molecular flexibility index (Phi) is 7.66. The molecule has 0 saturated carbocycles. The summed E-state index contributed by atoms with van der Waals surface area (Å²) in [6.07, 6.45) is 2.47. The lowest BCUT2D eigenvalue weighted by Crippen LogP contribution is -2.44. The molecule has 8 nitrogen and oxygen atoms in total. The Morgan fingerprint density at radius 3 is 2.43 bits per heavy atom. The van der Waals surface area contributed by atoms with E-state index in [4.69, 9.17) is 28.2 Å². The number of anilines is 4. The summed E-state index contributed by atoms with van der Waals surface area (Å²) in [5, 5.41) is 5.05. The van der Waals surface area contributed by atoms with Gasteiger partial charge in [0.1, 0.15) is 5.65 Å². The molecule has 4 heterocycles. The molecule has 224 valence electrons. The number of benzene rings is 3. The second-order valence-corrected chi connectivity index (χ2v) is 12.5. The molecule has 0 bridgehead atoms. The van der Waals surface area contributed by atoms with Crippen molar-refractivity contribution < 1.29 is 0 Å². The highest BCUT2D eigenvalue weighted by Gasteiger charge is 2.27. The molecule has 0 spiro atoms. The summed E-state index contributed by atoms with van der Waals surface area (Å²) >= 11 is 12.8. The number of pyridine rings is 1. The number of hydrogen-bond donors (Lipinski definition) is 1. The van der Waals surface area contributed by atoms with Gasteiger partial charge in [-0.05, 0) is 67.6 Å². The molecule has 1 fully saturated rings. The van der Waals surface area contributed by atoms with Gasteiger partial charge in [0.2, 0.25) is 5.95 Å². The molecule has 2 aliphatic heterocycles. The van der Waals surface area contributed by atoms with Crippen LogP contribution in [0.5, 0.6) is 0 Å². The Morgan fingerprint density at radius 1 is 0.886 bits per heavy atom. The van der Waals surface area contributed by atoms with E-state index < -0.39 is 0 Å². The van der Waals surface area contributed by atoms with E-state index in [1.54, 1.807) is 24.4 Å². The molecule has 1 N–H and O–H groups in total. The van der Waals surface area contributed by atoms with Crippen molar-refractivity contribution in [3.8, 4) is 11.1 Å². The maximum atomic E-state index is 14.4. The largest absolute Gasteiger partial charge is 0.372 e. The summed E-state index contributed by atoms with van der Waals surface area (Å²) in [6.45, 7) is 4.80. The normalized spacial score (nSPS) is 17.1. The minimum absolute atomic E-state index is 0.151. The van der Waals surface area contributed by atoms with Gasteiger partial charge in [-0.2, -0.15) is 4.98 Å². The smallest absolute Gasteiger partial charge is 0.260 e. The maximum Gasteiger partial charge on any atom is 0.260 e. The molecule has 0 radical (unpaired) electrons. The molecule has 1 atom stereocenters. The average molecular weight is 627 g/mol. The number of aromatic nitrogens is 3. The Bertz CT molecular complexity index is 1900. The van der Waals surface area contributed by atoms with E-state index in [1.807, 2.05) is 34.9 Å². The number of fused-ring (bicyclic) bond motifs is 2. The van der Waals surface area contributed by atoms with Crippen molar-refractivity contribution in [3.63, 3.8) is 0 Å². The fraction of sp³-hybridized carbons (Fsp3) is 0.265. The van der Waals surface area contributed by atoms with Gasteiger partial charge >= 0.3 is 0 Å². The van der Waals surface area contributed by atoms with Gasteiger partial charge < -0.3 is 20.0 Å². The Morgan fingerprint density at radius 2 is 1.66 bits per heavy atom. The minimum Gasteiger partial charge on any atom is -0.372 e. The molecular weight excluding hydrogens is 593 g/mol. The van der Waals surface area contributed by atoms with Gasteiger partial charge in [0.05, 0.1) is 11.1 Å². The van der Waals surface area contributed by atoms with Crippen LogP contribution >= 0.6 is 23.2 Å². The van der Waals surface area contributed by atoms with Crippen LogP contribution in [0.25, 0.3) is 22.2 Å². The highest BCUT2D eigenvalue weighted by molar-refractivity contribution is 6.36. The highest BCUT2D eigenvalue weighted by atomic mass is 35.5. The third-order valence-corrected chi connectivity index (χ3v) is 9.24. The molecule has 10 heteroatoms. The number of rotatable bonds is 5. The predicted molar refractivity (Wildman–Crippen MR) is 181 cm³/mol. The van der Waals surface area contributed by atoms with Crippen LogP contribution in [0.4, 0.5) is 23.0 Å². The van der Waals surface area contributed by atoms with Gasteiger partial charge in [-0.3, -0.25) is 9.36 Å². The number of halogens is 2. The lowest BCUT2D eigenvalue weighted by molar-refractivity contribution is 0.313. The van der Waals surface area contributed by atoms with Gasteiger partial charge in [0.25, 0.3) is 5.56 Å². The van der Waals surface area contributed by atoms with Crippen molar-refractivity contribution in [2.75, 3.05) is 61.9 Å². The van der Waals surface area contributed by atoms with Gasteiger partial charge in [-0.25, -0.2) is 4.98 Å². The summed E-state index contributed by atoms with van der Waals surface area (Å²) < 4.78 is 1.82. The molecule has 7 rings (SSSR count). The van der Waals surface area contributed by atoms with E-state index >= 15 is 0 Å². The lowest BCUT2D eigenvalue weighted by atomic mass is 9.97. The van der Waals surface area contributed by atoms with Crippen molar-refractivity contribution in [2.24, 2.45) is 0 Å². The van der Waals surface area contributed by atoms with Crippen molar-refractivity contribution in [1.29, 1.82) is 0 Å². The van der Waals surface area contributed by atoms with Crippen LogP contribution in [-0.2, 0) is 6.42 Å². The third kappa shape index (κ3) is 5.49. The molecule has 3 aromatic carbocycles. The zero-order valence-corrected chi connectivity index (χ0v) is 26.2. The van der Waals surface area contributed by atoms with Gasteiger partial charge in [0.15, 0.2) is 0 Å². The molecule has 2 aromatic heterocycles. The first-order chi connectivity index (χ1) is 21.3. The van der Waals surface area contributed by atoms with E-state index in [1.165, 1.54) is 16.9 Å². The van der Waals surface area contributed by atoms with E-state index in [-0.39, 0.29) is 11.6 Å². The van der Waals surface area contributed by atoms with E-state index in [9.17, 15) is 4.79 Å². The molecular formula is C34H33Cl2N7O. The second-order valence-electron chi connectivity index (χ2n) is 11.7. The zero-order valence-electron chi connectivity index (χ0n) is 24.7. The van der Waals surface area contributed by atoms with Gasteiger partial charge in [0, 0.05) is 84.6 Å². The molecule has 0 amide bonds. The Hall–Kier alpha value is -4.11. The number of piperazine rings is 1. The Labute approximate surface area is 266 Å². The SMILES string of the molecule is CN1CCN(c2ccc(Nc3ncc4cc(-c5ccc(Cl)cc5Cl)c(=O)n(C5Cc6ccccc6N(C)C5)c4n3)cc2)CC1. The van der Waals surface area contributed by atoms with Crippen LogP contribution in [0.1, 0.15) is 11.6 Å². The maximum absolute atomic E-state index is 14.4.